The van der Waals surface area contributed by atoms with Gasteiger partial charge in [-0.2, -0.15) is 13.2 Å². The first-order valence-corrected chi connectivity index (χ1v) is 14.4. The van der Waals surface area contributed by atoms with Gasteiger partial charge in [-0.15, -0.1) is 0 Å². The molecule has 0 spiro atoms. The number of piperazine rings is 1. The fraction of sp³-hybridized carbons (Fsp3) is 0.344. The highest BCUT2D eigenvalue weighted by molar-refractivity contribution is 6.07. The first kappa shape index (κ1) is 28.9. The number of imide groups is 1. The Morgan fingerprint density at radius 3 is 2.56 bits per heavy atom. The number of aromatic amines is 1. The molecule has 43 heavy (non-hydrogen) atoms. The number of hydrogen-bond acceptors (Lipinski definition) is 6. The maximum absolute atomic E-state index is 14.1. The first-order valence-electron chi connectivity index (χ1n) is 14.4. The van der Waals surface area contributed by atoms with Crippen molar-refractivity contribution < 1.29 is 27.5 Å². The third kappa shape index (κ3) is 6.14. The van der Waals surface area contributed by atoms with E-state index in [0.29, 0.717) is 42.2 Å². The molecule has 4 heterocycles. The van der Waals surface area contributed by atoms with Crippen molar-refractivity contribution in [3.8, 4) is 11.5 Å². The second kappa shape index (κ2) is 11.8. The van der Waals surface area contributed by atoms with Crippen LogP contribution < -0.4 is 4.74 Å². The van der Waals surface area contributed by atoms with Gasteiger partial charge in [0.25, 0.3) is 5.91 Å². The molecule has 1 fully saturated rings. The molecular formula is C32H32F3N5O3. The van der Waals surface area contributed by atoms with Gasteiger partial charge in [0.2, 0.25) is 5.91 Å². The Balaban J connectivity index is 1.17. The van der Waals surface area contributed by atoms with E-state index in [9.17, 15) is 22.8 Å². The Bertz CT molecular complexity index is 1660. The Labute approximate surface area is 247 Å². The highest BCUT2D eigenvalue weighted by Crippen LogP contribution is 2.34. The predicted molar refractivity (Wildman–Crippen MR) is 155 cm³/mol. The monoisotopic (exact) mass is 591 g/mol. The number of likely N-dealkylation sites (N-methyl/N-ethyl adjacent to an activating group) is 1. The number of halogens is 3. The number of amides is 2. The van der Waals surface area contributed by atoms with Crippen LogP contribution in [0.3, 0.4) is 0 Å². The van der Waals surface area contributed by atoms with Crippen LogP contribution in [-0.4, -0.2) is 75.8 Å². The number of ether oxygens (including phenoxy) is 1. The molecule has 0 atom stereocenters. The van der Waals surface area contributed by atoms with E-state index >= 15 is 0 Å². The number of alkyl halides is 3. The number of rotatable bonds is 7. The molecule has 1 saturated heterocycles. The molecule has 2 aliphatic heterocycles. The normalized spacial score (nSPS) is 16.5. The van der Waals surface area contributed by atoms with Gasteiger partial charge in [-0.05, 0) is 60.0 Å². The van der Waals surface area contributed by atoms with E-state index in [0.717, 1.165) is 41.6 Å². The number of hydrogen-bond donors (Lipinski definition) is 1. The van der Waals surface area contributed by atoms with Crippen LogP contribution >= 0.6 is 0 Å². The lowest BCUT2D eigenvalue weighted by Gasteiger charge is -2.34. The second-order valence-electron chi connectivity index (χ2n) is 10.9. The van der Waals surface area contributed by atoms with Gasteiger partial charge in [0.15, 0.2) is 0 Å². The van der Waals surface area contributed by atoms with Crippen molar-refractivity contribution in [3.63, 3.8) is 0 Å². The largest absolute Gasteiger partial charge is 0.457 e. The van der Waals surface area contributed by atoms with Crippen LogP contribution in [0.2, 0.25) is 0 Å². The third-order valence-electron chi connectivity index (χ3n) is 8.25. The van der Waals surface area contributed by atoms with Gasteiger partial charge in [-0.3, -0.25) is 19.4 Å². The lowest BCUT2D eigenvalue weighted by atomic mass is 9.97. The van der Waals surface area contributed by atoms with Crippen molar-refractivity contribution in [2.45, 2.75) is 32.5 Å². The summed E-state index contributed by atoms with van der Waals surface area (Å²) >= 11 is 0. The zero-order valence-corrected chi connectivity index (χ0v) is 23.8. The number of aromatic nitrogens is 2. The number of benzene rings is 2. The Morgan fingerprint density at radius 2 is 1.79 bits per heavy atom. The molecule has 4 aromatic rings. The van der Waals surface area contributed by atoms with Crippen LogP contribution in [0.1, 0.15) is 39.5 Å². The summed E-state index contributed by atoms with van der Waals surface area (Å²) in [6.45, 7) is 6.41. The lowest BCUT2D eigenvalue weighted by Crippen LogP contribution is -2.45. The molecule has 0 saturated carbocycles. The quantitative estimate of drug-likeness (QED) is 0.315. The second-order valence-corrected chi connectivity index (χ2v) is 10.9. The molecule has 11 heteroatoms. The fourth-order valence-electron chi connectivity index (χ4n) is 5.81. The summed E-state index contributed by atoms with van der Waals surface area (Å²) < 4.78 is 48.3. The third-order valence-corrected chi connectivity index (χ3v) is 8.25. The topological polar surface area (TPSA) is 81.8 Å². The lowest BCUT2D eigenvalue weighted by molar-refractivity contribution is -0.138. The Hall–Kier alpha value is -4.22. The zero-order chi connectivity index (χ0) is 30.1. The number of nitrogens with one attached hydrogen (secondary N) is 1. The van der Waals surface area contributed by atoms with Crippen molar-refractivity contribution >= 4 is 22.8 Å². The summed E-state index contributed by atoms with van der Waals surface area (Å²) in [4.78, 5) is 39.4. The number of pyridine rings is 1. The Kier molecular flexibility index (Phi) is 7.93. The summed E-state index contributed by atoms with van der Waals surface area (Å²) in [5.41, 5.74) is 1.47. The van der Waals surface area contributed by atoms with Crippen molar-refractivity contribution in [2.24, 2.45) is 0 Å². The molecule has 0 bridgehead atoms. The maximum Gasteiger partial charge on any atom is 0.416 e. The molecule has 2 amide bonds. The van der Waals surface area contributed by atoms with Crippen LogP contribution in [0.15, 0.2) is 60.9 Å². The average Bonchev–Trinajstić information content (AvgIpc) is 3.48. The number of carbonyl (C=O) groups is 2. The van der Waals surface area contributed by atoms with Gasteiger partial charge in [0.05, 0.1) is 17.4 Å². The zero-order valence-electron chi connectivity index (χ0n) is 23.8. The number of carbonyl (C=O) groups excluding carboxylic acids is 2. The molecule has 2 aromatic carbocycles. The van der Waals surface area contributed by atoms with Gasteiger partial charge in [0, 0.05) is 57.2 Å². The number of fused-ring (bicyclic) bond motifs is 2. The molecular weight excluding hydrogens is 559 g/mol. The summed E-state index contributed by atoms with van der Waals surface area (Å²) in [5.74, 6) is -0.0371. The minimum atomic E-state index is -4.56. The van der Waals surface area contributed by atoms with Gasteiger partial charge in [0.1, 0.15) is 17.1 Å². The molecule has 2 aliphatic rings. The Morgan fingerprint density at radius 1 is 1.00 bits per heavy atom. The highest BCUT2D eigenvalue weighted by Gasteiger charge is 2.35. The summed E-state index contributed by atoms with van der Waals surface area (Å²) in [7, 11) is 0. The predicted octanol–water partition coefficient (Wildman–Crippen LogP) is 5.28. The summed E-state index contributed by atoms with van der Waals surface area (Å²) in [6, 6.07) is 12.8. The van der Waals surface area contributed by atoms with Gasteiger partial charge < -0.3 is 14.6 Å². The molecule has 2 aromatic heterocycles. The highest BCUT2D eigenvalue weighted by atomic mass is 19.4. The molecule has 6 rings (SSSR count). The van der Waals surface area contributed by atoms with Crippen molar-refractivity contribution in [1.82, 2.24) is 24.7 Å². The van der Waals surface area contributed by atoms with E-state index in [1.54, 1.807) is 42.7 Å². The van der Waals surface area contributed by atoms with E-state index in [-0.39, 0.29) is 30.6 Å². The van der Waals surface area contributed by atoms with Crippen molar-refractivity contribution in [3.05, 3.63) is 88.7 Å². The van der Waals surface area contributed by atoms with Crippen LogP contribution in [0.5, 0.6) is 11.5 Å². The average molecular weight is 592 g/mol. The van der Waals surface area contributed by atoms with Crippen molar-refractivity contribution in [2.75, 3.05) is 39.3 Å². The van der Waals surface area contributed by atoms with E-state index in [2.05, 4.69) is 21.8 Å². The van der Waals surface area contributed by atoms with E-state index in [1.165, 1.54) is 6.07 Å². The van der Waals surface area contributed by atoms with E-state index < -0.39 is 23.6 Å². The standard InChI is InChI=1S/C32H32F3N5O3/c1-2-38-13-15-39(16-14-38)20-23-4-3-21(17-27(23)32(33,34)35)18-29(41)40-12-9-22-5-6-24(19-26(22)31(40)42)43-28-8-11-37-30-25(28)7-10-36-30/h3-8,10-11,17,19H,2,9,12-16,18,20H2,1H3,(H,36,37). The smallest absolute Gasteiger partial charge is 0.416 e. The maximum atomic E-state index is 14.1. The molecule has 0 radical (unpaired) electrons. The molecule has 1 N–H and O–H groups in total. The van der Waals surface area contributed by atoms with Gasteiger partial charge in [-0.1, -0.05) is 25.1 Å². The number of H-pyrrole nitrogens is 1. The van der Waals surface area contributed by atoms with Gasteiger partial charge >= 0.3 is 6.18 Å². The van der Waals surface area contributed by atoms with E-state index in [1.807, 2.05) is 11.0 Å². The van der Waals surface area contributed by atoms with Gasteiger partial charge in [-0.25, -0.2) is 4.98 Å². The summed E-state index contributed by atoms with van der Waals surface area (Å²) in [6.07, 6.45) is -1.05. The van der Waals surface area contributed by atoms with Crippen molar-refractivity contribution in [1.29, 1.82) is 0 Å². The molecule has 0 unspecified atom stereocenters. The number of nitrogens with zero attached hydrogens (tertiary/aromatic N) is 4. The first-order chi connectivity index (χ1) is 20.7. The molecule has 8 nitrogen and oxygen atoms in total. The molecule has 0 aliphatic carbocycles. The summed E-state index contributed by atoms with van der Waals surface area (Å²) in [5, 5.41) is 0.784. The molecule has 224 valence electrons. The van der Waals surface area contributed by atoms with E-state index in [4.69, 9.17) is 4.74 Å². The van der Waals surface area contributed by atoms with Crippen LogP contribution in [-0.2, 0) is 30.4 Å². The van der Waals surface area contributed by atoms with Crippen LogP contribution in [0.25, 0.3) is 11.0 Å². The minimum Gasteiger partial charge on any atom is -0.457 e. The minimum absolute atomic E-state index is 0.160. The van der Waals surface area contributed by atoms with Crippen LogP contribution in [0.4, 0.5) is 13.2 Å². The fourth-order valence-corrected chi connectivity index (χ4v) is 5.81. The van der Waals surface area contributed by atoms with Crippen LogP contribution in [0, 0.1) is 0 Å². The SMILES string of the molecule is CCN1CCN(Cc2ccc(CC(=O)N3CCc4ccc(Oc5ccnc6[nH]ccc56)cc4C3=O)cc2C(F)(F)F)CC1.